The first-order chi connectivity index (χ1) is 9.33. The van der Waals surface area contributed by atoms with Crippen molar-refractivity contribution in [3.8, 4) is 5.69 Å². The fourth-order valence-electron chi connectivity index (χ4n) is 1.39. The lowest BCUT2D eigenvalue weighted by molar-refractivity contribution is 0.626. The Morgan fingerprint density at radius 3 is 2.79 bits per heavy atom. The highest BCUT2D eigenvalue weighted by atomic mass is 32.2. The fourth-order valence-corrected chi connectivity index (χ4v) is 2.12. The summed E-state index contributed by atoms with van der Waals surface area (Å²) in [4.78, 5) is 0. The van der Waals surface area contributed by atoms with Gasteiger partial charge < -0.3 is 0 Å². The van der Waals surface area contributed by atoms with E-state index >= 15 is 0 Å². The van der Waals surface area contributed by atoms with Crippen LogP contribution < -0.4 is 0 Å². The Labute approximate surface area is 110 Å². The normalized spacial score (nSPS) is 10.8. The molecule has 0 radical (unpaired) electrons. The molecule has 0 unspecified atom stereocenters. The average Bonchev–Trinajstić information content (AvgIpc) is 3.08. The lowest BCUT2D eigenvalue weighted by Crippen LogP contribution is -1.99. The van der Waals surface area contributed by atoms with Crippen molar-refractivity contribution in [2.45, 2.75) is 10.9 Å². The summed E-state index contributed by atoms with van der Waals surface area (Å²) in [5.41, 5.74) is 0.682. The Morgan fingerprint density at radius 2 is 2.05 bits per heavy atom. The standard InChI is InChI=1S/C9H7FN8S/c10-6-1-3-7(4-2-6)18-9(13-16-17-18)19-5-8-11-14-15-12-8/h1-4H,5H2,(H,11,12,14,15). The molecule has 0 aliphatic heterocycles. The van der Waals surface area contributed by atoms with Crippen LogP contribution in [-0.2, 0) is 5.75 Å². The minimum atomic E-state index is -0.308. The van der Waals surface area contributed by atoms with Crippen LogP contribution in [0.2, 0.25) is 0 Å². The van der Waals surface area contributed by atoms with Gasteiger partial charge in [0.2, 0.25) is 5.16 Å². The molecule has 2 aromatic heterocycles. The van der Waals surface area contributed by atoms with Crippen molar-refractivity contribution < 1.29 is 4.39 Å². The predicted octanol–water partition coefficient (Wildman–Crippen LogP) is 0.607. The van der Waals surface area contributed by atoms with Gasteiger partial charge >= 0.3 is 0 Å². The smallest absolute Gasteiger partial charge is 0.207 e. The maximum Gasteiger partial charge on any atom is 0.214 e. The Bertz CT molecular complexity index is 649. The van der Waals surface area contributed by atoms with Crippen molar-refractivity contribution in [2.24, 2.45) is 0 Å². The lowest BCUT2D eigenvalue weighted by Gasteiger charge is -2.02. The average molecular weight is 278 g/mol. The first-order valence-electron chi connectivity index (χ1n) is 5.22. The molecular formula is C9H7FN8S. The van der Waals surface area contributed by atoms with E-state index in [4.69, 9.17) is 0 Å². The fraction of sp³-hybridized carbons (Fsp3) is 0.111. The number of tetrazole rings is 2. The third kappa shape index (κ3) is 2.57. The topological polar surface area (TPSA) is 98.1 Å². The number of H-pyrrole nitrogens is 1. The lowest BCUT2D eigenvalue weighted by atomic mass is 10.3. The highest BCUT2D eigenvalue weighted by Gasteiger charge is 2.10. The van der Waals surface area contributed by atoms with Gasteiger partial charge in [-0.3, -0.25) is 0 Å². The Kier molecular flexibility index (Phi) is 3.14. The summed E-state index contributed by atoms with van der Waals surface area (Å²) in [6, 6.07) is 5.91. The molecule has 19 heavy (non-hydrogen) atoms. The molecule has 96 valence electrons. The van der Waals surface area contributed by atoms with Gasteiger partial charge in [-0.2, -0.15) is 9.90 Å². The van der Waals surface area contributed by atoms with Gasteiger partial charge in [-0.15, -0.1) is 15.3 Å². The van der Waals surface area contributed by atoms with Crippen LogP contribution in [0.3, 0.4) is 0 Å². The van der Waals surface area contributed by atoms with Gasteiger partial charge in [-0.1, -0.05) is 17.0 Å². The van der Waals surface area contributed by atoms with Gasteiger partial charge in [-0.05, 0) is 34.7 Å². The van der Waals surface area contributed by atoms with E-state index in [0.29, 0.717) is 22.4 Å². The molecule has 0 bridgehead atoms. The number of hydrogen-bond donors (Lipinski definition) is 1. The van der Waals surface area contributed by atoms with Gasteiger partial charge in [-0.25, -0.2) is 4.39 Å². The summed E-state index contributed by atoms with van der Waals surface area (Å²) in [6.45, 7) is 0. The summed E-state index contributed by atoms with van der Waals surface area (Å²) in [6.07, 6.45) is 0. The van der Waals surface area contributed by atoms with E-state index in [-0.39, 0.29) is 5.82 Å². The van der Waals surface area contributed by atoms with Crippen molar-refractivity contribution >= 4 is 11.8 Å². The van der Waals surface area contributed by atoms with E-state index in [0.717, 1.165) is 0 Å². The number of nitrogens with one attached hydrogen (secondary N) is 1. The summed E-state index contributed by atoms with van der Waals surface area (Å²) >= 11 is 1.36. The molecule has 0 aliphatic carbocycles. The van der Waals surface area contributed by atoms with Crippen LogP contribution in [0.15, 0.2) is 29.4 Å². The van der Waals surface area contributed by atoms with Crippen molar-refractivity contribution in [3.63, 3.8) is 0 Å². The number of aromatic amines is 1. The molecule has 0 spiro atoms. The highest BCUT2D eigenvalue weighted by molar-refractivity contribution is 7.98. The number of thioether (sulfide) groups is 1. The molecule has 8 nitrogen and oxygen atoms in total. The molecule has 1 aromatic carbocycles. The molecule has 0 fully saturated rings. The Balaban J connectivity index is 1.80. The van der Waals surface area contributed by atoms with Crippen LogP contribution >= 0.6 is 11.8 Å². The molecule has 0 aliphatic rings. The molecule has 3 rings (SSSR count). The van der Waals surface area contributed by atoms with Crippen LogP contribution in [0.4, 0.5) is 4.39 Å². The van der Waals surface area contributed by atoms with E-state index in [1.54, 1.807) is 12.1 Å². The molecule has 0 saturated carbocycles. The first-order valence-corrected chi connectivity index (χ1v) is 6.21. The van der Waals surface area contributed by atoms with E-state index in [1.807, 2.05) is 0 Å². The van der Waals surface area contributed by atoms with Crippen molar-refractivity contribution in [1.82, 2.24) is 40.8 Å². The third-order valence-electron chi connectivity index (χ3n) is 2.23. The van der Waals surface area contributed by atoms with Crippen molar-refractivity contribution in [3.05, 3.63) is 35.9 Å². The molecular weight excluding hydrogens is 271 g/mol. The van der Waals surface area contributed by atoms with E-state index < -0.39 is 0 Å². The van der Waals surface area contributed by atoms with Crippen molar-refractivity contribution in [1.29, 1.82) is 0 Å². The number of benzene rings is 1. The van der Waals surface area contributed by atoms with E-state index in [1.165, 1.54) is 28.6 Å². The van der Waals surface area contributed by atoms with Gasteiger partial charge in [0.05, 0.1) is 11.4 Å². The van der Waals surface area contributed by atoms with Crippen LogP contribution in [0, 0.1) is 5.82 Å². The zero-order valence-corrected chi connectivity index (χ0v) is 10.2. The van der Waals surface area contributed by atoms with Crippen LogP contribution in [0.25, 0.3) is 5.69 Å². The summed E-state index contributed by atoms with van der Waals surface area (Å²) in [5.74, 6) is 0.731. The first kappa shape index (κ1) is 11.7. The van der Waals surface area contributed by atoms with Crippen LogP contribution in [-0.4, -0.2) is 40.8 Å². The second-order valence-corrected chi connectivity index (χ2v) is 4.41. The number of halogens is 1. The zero-order chi connectivity index (χ0) is 13.1. The summed E-state index contributed by atoms with van der Waals surface area (Å²) < 4.78 is 14.4. The van der Waals surface area contributed by atoms with Gasteiger partial charge in [0.15, 0.2) is 5.82 Å². The second-order valence-electron chi connectivity index (χ2n) is 3.47. The monoisotopic (exact) mass is 278 g/mol. The summed E-state index contributed by atoms with van der Waals surface area (Å²) in [7, 11) is 0. The van der Waals surface area contributed by atoms with Gasteiger partial charge in [0.25, 0.3) is 0 Å². The molecule has 1 N–H and O–H groups in total. The molecule has 10 heteroatoms. The van der Waals surface area contributed by atoms with Gasteiger partial charge in [0.1, 0.15) is 5.82 Å². The second kappa shape index (κ2) is 5.10. The van der Waals surface area contributed by atoms with E-state index in [9.17, 15) is 4.39 Å². The molecule has 0 amide bonds. The minimum Gasteiger partial charge on any atom is -0.207 e. The number of nitrogens with zero attached hydrogens (tertiary/aromatic N) is 7. The molecule has 0 saturated heterocycles. The minimum absolute atomic E-state index is 0.308. The largest absolute Gasteiger partial charge is 0.214 e. The Hall–Kier alpha value is -2.36. The molecule has 3 aromatic rings. The highest BCUT2D eigenvalue weighted by Crippen LogP contribution is 2.20. The Morgan fingerprint density at radius 1 is 1.21 bits per heavy atom. The number of rotatable bonds is 4. The van der Waals surface area contributed by atoms with E-state index in [2.05, 4.69) is 36.1 Å². The van der Waals surface area contributed by atoms with Crippen molar-refractivity contribution in [2.75, 3.05) is 0 Å². The predicted molar refractivity (Wildman–Crippen MR) is 62.9 cm³/mol. The number of hydrogen-bond acceptors (Lipinski definition) is 7. The molecule has 0 atom stereocenters. The maximum absolute atomic E-state index is 12.9. The van der Waals surface area contributed by atoms with Crippen LogP contribution in [0.5, 0.6) is 0 Å². The SMILES string of the molecule is Fc1ccc(-n2nnnc2SCc2nn[nH]n2)cc1. The third-order valence-corrected chi connectivity index (χ3v) is 3.15. The molecule has 2 heterocycles. The number of aromatic nitrogens is 8. The van der Waals surface area contributed by atoms with Crippen LogP contribution in [0.1, 0.15) is 5.82 Å². The van der Waals surface area contributed by atoms with Gasteiger partial charge in [0, 0.05) is 0 Å². The zero-order valence-electron chi connectivity index (χ0n) is 9.43. The summed E-state index contributed by atoms with van der Waals surface area (Å²) in [5, 5.41) is 25.4. The quantitative estimate of drug-likeness (QED) is 0.698. The maximum atomic E-state index is 12.9.